The minimum Gasteiger partial charge on any atom is -0.309 e. The molecule has 2 fully saturated rings. The Balaban J connectivity index is 1.94. The first-order chi connectivity index (χ1) is 8.91. The molecule has 2 atom stereocenters. The molecule has 0 bridgehead atoms. The van der Waals surface area contributed by atoms with Crippen molar-refractivity contribution in [1.29, 1.82) is 0 Å². The van der Waals surface area contributed by atoms with Crippen LogP contribution in [0.15, 0.2) is 0 Å². The molecule has 2 aliphatic heterocycles. The largest absolute Gasteiger partial charge is 0.309 e. The van der Waals surface area contributed by atoms with Gasteiger partial charge in [0.15, 0.2) is 0 Å². The molecule has 3 nitrogen and oxygen atoms in total. The highest BCUT2D eigenvalue weighted by atomic mass is 15.3. The average Bonchev–Trinajstić information content (AvgIpc) is 2.75. The SMILES string of the molecule is CCN1CCC(CN2CC(C)(C)NCC2C(C)C)C1. The summed E-state index contributed by atoms with van der Waals surface area (Å²) in [4.78, 5) is 5.37. The molecule has 0 aliphatic carbocycles. The first kappa shape index (κ1) is 15.3. The molecular formula is C16H33N3. The minimum atomic E-state index is 0.272. The summed E-state index contributed by atoms with van der Waals surface area (Å²) in [5.41, 5.74) is 0.272. The van der Waals surface area contributed by atoms with Crippen molar-refractivity contribution >= 4 is 0 Å². The van der Waals surface area contributed by atoms with Crippen molar-refractivity contribution in [2.24, 2.45) is 11.8 Å². The van der Waals surface area contributed by atoms with E-state index in [-0.39, 0.29) is 5.54 Å². The molecule has 0 radical (unpaired) electrons. The van der Waals surface area contributed by atoms with Crippen LogP contribution in [-0.4, -0.2) is 60.6 Å². The van der Waals surface area contributed by atoms with Crippen LogP contribution < -0.4 is 5.32 Å². The Labute approximate surface area is 119 Å². The maximum Gasteiger partial charge on any atom is 0.0252 e. The normalized spacial score (nSPS) is 33.2. The van der Waals surface area contributed by atoms with Crippen molar-refractivity contribution in [1.82, 2.24) is 15.1 Å². The lowest BCUT2D eigenvalue weighted by Gasteiger charge is -2.47. The Morgan fingerprint density at radius 1 is 1.32 bits per heavy atom. The van der Waals surface area contributed by atoms with Crippen LogP contribution in [0, 0.1) is 11.8 Å². The Kier molecular flexibility index (Phi) is 4.91. The van der Waals surface area contributed by atoms with E-state index in [2.05, 4.69) is 49.7 Å². The molecule has 112 valence electrons. The number of nitrogens with one attached hydrogen (secondary N) is 1. The maximum atomic E-state index is 3.71. The molecule has 0 aromatic rings. The lowest BCUT2D eigenvalue weighted by molar-refractivity contribution is 0.0562. The number of nitrogens with zero attached hydrogens (tertiary/aromatic N) is 2. The van der Waals surface area contributed by atoms with E-state index in [0.29, 0.717) is 6.04 Å². The lowest BCUT2D eigenvalue weighted by Crippen LogP contribution is -2.63. The summed E-state index contributed by atoms with van der Waals surface area (Å²) in [6.45, 7) is 19.2. The van der Waals surface area contributed by atoms with Crippen molar-refractivity contribution < 1.29 is 0 Å². The predicted octanol–water partition coefficient (Wildman–Crippen LogP) is 2.04. The second-order valence-electron chi connectivity index (χ2n) is 7.55. The van der Waals surface area contributed by atoms with Crippen molar-refractivity contribution in [2.45, 2.75) is 52.6 Å². The second kappa shape index (κ2) is 6.11. The standard InChI is InChI=1S/C16H33N3/c1-6-18-8-7-14(10-18)11-19-12-16(4,5)17-9-15(19)13(2)3/h13-15,17H,6-12H2,1-5H3. The fraction of sp³-hybridized carbons (Fsp3) is 1.00. The summed E-state index contributed by atoms with van der Waals surface area (Å²) in [5.74, 6) is 1.63. The highest BCUT2D eigenvalue weighted by Gasteiger charge is 2.35. The van der Waals surface area contributed by atoms with Gasteiger partial charge in [-0.1, -0.05) is 20.8 Å². The highest BCUT2D eigenvalue weighted by Crippen LogP contribution is 2.24. The Morgan fingerprint density at radius 2 is 2.05 bits per heavy atom. The predicted molar refractivity (Wildman–Crippen MR) is 82.5 cm³/mol. The van der Waals surface area contributed by atoms with E-state index >= 15 is 0 Å². The summed E-state index contributed by atoms with van der Waals surface area (Å²) in [6.07, 6.45) is 1.39. The van der Waals surface area contributed by atoms with Crippen molar-refractivity contribution in [3.05, 3.63) is 0 Å². The monoisotopic (exact) mass is 267 g/mol. The molecule has 0 aromatic heterocycles. The molecular weight excluding hydrogens is 234 g/mol. The van der Waals surface area contributed by atoms with Crippen molar-refractivity contribution in [3.8, 4) is 0 Å². The van der Waals surface area contributed by atoms with Crippen molar-refractivity contribution in [3.63, 3.8) is 0 Å². The first-order valence-corrected chi connectivity index (χ1v) is 8.12. The van der Waals surface area contributed by atoms with Crippen LogP contribution in [0.3, 0.4) is 0 Å². The molecule has 0 aromatic carbocycles. The van der Waals surface area contributed by atoms with Crippen LogP contribution in [0.4, 0.5) is 0 Å². The number of hydrogen-bond donors (Lipinski definition) is 1. The van der Waals surface area contributed by atoms with E-state index in [4.69, 9.17) is 0 Å². The summed E-state index contributed by atoms with van der Waals surface area (Å²) < 4.78 is 0. The summed E-state index contributed by atoms with van der Waals surface area (Å²) in [7, 11) is 0. The molecule has 2 heterocycles. The van der Waals surface area contributed by atoms with Crippen LogP contribution in [0.1, 0.15) is 41.0 Å². The van der Waals surface area contributed by atoms with E-state index < -0.39 is 0 Å². The zero-order valence-corrected chi connectivity index (χ0v) is 13.6. The summed E-state index contributed by atoms with van der Waals surface area (Å²) in [6, 6.07) is 0.712. The van der Waals surface area contributed by atoms with Crippen LogP contribution >= 0.6 is 0 Å². The van der Waals surface area contributed by atoms with Gasteiger partial charge >= 0.3 is 0 Å². The van der Waals surface area contributed by atoms with E-state index in [1.807, 2.05) is 0 Å². The zero-order chi connectivity index (χ0) is 14.0. The Hall–Kier alpha value is -0.120. The van der Waals surface area contributed by atoms with Gasteiger partial charge in [-0.05, 0) is 45.2 Å². The first-order valence-electron chi connectivity index (χ1n) is 8.12. The van der Waals surface area contributed by atoms with E-state index in [0.717, 1.165) is 18.4 Å². The van der Waals surface area contributed by atoms with Crippen molar-refractivity contribution in [2.75, 3.05) is 39.3 Å². The van der Waals surface area contributed by atoms with Crippen LogP contribution in [0.25, 0.3) is 0 Å². The smallest absolute Gasteiger partial charge is 0.0252 e. The zero-order valence-electron chi connectivity index (χ0n) is 13.6. The fourth-order valence-corrected chi connectivity index (χ4v) is 3.73. The number of piperazine rings is 1. The highest BCUT2D eigenvalue weighted by molar-refractivity contribution is 4.94. The topological polar surface area (TPSA) is 18.5 Å². The van der Waals surface area contributed by atoms with Crippen LogP contribution in [0.5, 0.6) is 0 Å². The van der Waals surface area contributed by atoms with Gasteiger partial charge in [0.25, 0.3) is 0 Å². The van der Waals surface area contributed by atoms with Gasteiger partial charge in [-0.3, -0.25) is 4.90 Å². The van der Waals surface area contributed by atoms with Gasteiger partial charge in [0, 0.05) is 37.8 Å². The van der Waals surface area contributed by atoms with E-state index in [1.165, 1.54) is 39.1 Å². The molecule has 19 heavy (non-hydrogen) atoms. The quantitative estimate of drug-likeness (QED) is 0.841. The van der Waals surface area contributed by atoms with Crippen LogP contribution in [-0.2, 0) is 0 Å². The maximum absolute atomic E-state index is 3.71. The Morgan fingerprint density at radius 3 is 2.63 bits per heavy atom. The molecule has 2 saturated heterocycles. The third-order valence-corrected chi connectivity index (χ3v) is 4.94. The van der Waals surface area contributed by atoms with E-state index in [1.54, 1.807) is 0 Å². The number of likely N-dealkylation sites (tertiary alicyclic amines) is 1. The average molecular weight is 267 g/mol. The fourth-order valence-electron chi connectivity index (χ4n) is 3.73. The van der Waals surface area contributed by atoms with Gasteiger partial charge in [-0.25, -0.2) is 0 Å². The van der Waals surface area contributed by atoms with Gasteiger partial charge in [0.05, 0.1) is 0 Å². The minimum absolute atomic E-state index is 0.272. The molecule has 0 amide bonds. The third-order valence-electron chi connectivity index (χ3n) is 4.94. The van der Waals surface area contributed by atoms with Gasteiger partial charge < -0.3 is 10.2 Å². The summed E-state index contributed by atoms with van der Waals surface area (Å²) >= 11 is 0. The molecule has 0 saturated carbocycles. The molecule has 0 spiro atoms. The Bertz CT molecular complexity index is 288. The van der Waals surface area contributed by atoms with E-state index in [9.17, 15) is 0 Å². The van der Waals surface area contributed by atoms with Crippen LogP contribution in [0.2, 0.25) is 0 Å². The van der Waals surface area contributed by atoms with Gasteiger partial charge in [0.2, 0.25) is 0 Å². The summed E-state index contributed by atoms with van der Waals surface area (Å²) in [5, 5.41) is 3.71. The third kappa shape index (κ3) is 3.93. The molecule has 2 aliphatic rings. The second-order valence-corrected chi connectivity index (χ2v) is 7.55. The van der Waals surface area contributed by atoms with Gasteiger partial charge in [-0.2, -0.15) is 0 Å². The molecule has 2 unspecified atom stereocenters. The number of hydrogen-bond acceptors (Lipinski definition) is 3. The molecule has 3 heteroatoms. The lowest BCUT2D eigenvalue weighted by atomic mass is 9.92. The van der Waals surface area contributed by atoms with Gasteiger partial charge in [0.1, 0.15) is 0 Å². The number of rotatable bonds is 4. The molecule has 2 rings (SSSR count). The molecule has 1 N–H and O–H groups in total. The van der Waals surface area contributed by atoms with Gasteiger partial charge in [-0.15, -0.1) is 0 Å².